The van der Waals surface area contributed by atoms with Crippen molar-refractivity contribution in [2.75, 3.05) is 14.2 Å². The van der Waals surface area contributed by atoms with E-state index in [4.69, 9.17) is 9.47 Å². The first-order valence-electron chi connectivity index (χ1n) is 6.84. The number of halogens is 1. The number of benzene rings is 2. The Labute approximate surface area is 124 Å². The van der Waals surface area contributed by atoms with Gasteiger partial charge in [-0.05, 0) is 30.7 Å². The Hall–Kier alpha value is -2.07. The van der Waals surface area contributed by atoms with E-state index in [2.05, 4.69) is 12.2 Å². The molecule has 3 nitrogen and oxygen atoms in total. The highest BCUT2D eigenvalue weighted by Crippen LogP contribution is 2.25. The minimum absolute atomic E-state index is 0.103. The summed E-state index contributed by atoms with van der Waals surface area (Å²) in [6.07, 6.45) is 0. The monoisotopic (exact) mass is 289 g/mol. The molecule has 0 aromatic heterocycles. The zero-order valence-corrected chi connectivity index (χ0v) is 12.5. The van der Waals surface area contributed by atoms with Crippen LogP contribution in [0.3, 0.4) is 0 Å². The molecular formula is C17H20FNO2. The molecule has 1 atom stereocenters. The summed E-state index contributed by atoms with van der Waals surface area (Å²) in [4.78, 5) is 0. The van der Waals surface area contributed by atoms with E-state index in [0.29, 0.717) is 6.54 Å². The fourth-order valence-electron chi connectivity index (χ4n) is 2.22. The van der Waals surface area contributed by atoms with Crippen molar-refractivity contribution in [3.8, 4) is 11.5 Å². The second kappa shape index (κ2) is 7.09. The topological polar surface area (TPSA) is 30.5 Å². The summed E-state index contributed by atoms with van der Waals surface area (Å²) >= 11 is 0. The Balaban J connectivity index is 2.04. The van der Waals surface area contributed by atoms with E-state index in [1.54, 1.807) is 13.2 Å². The molecule has 0 aliphatic rings. The Morgan fingerprint density at radius 1 is 1.05 bits per heavy atom. The molecule has 2 aromatic carbocycles. The summed E-state index contributed by atoms with van der Waals surface area (Å²) in [5.41, 5.74) is 1.95. The molecule has 0 saturated carbocycles. The molecule has 112 valence electrons. The van der Waals surface area contributed by atoms with Crippen LogP contribution in [-0.2, 0) is 6.54 Å². The molecule has 2 aromatic rings. The third kappa shape index (κ3) is 3.73. The molecule has 2 rings (SSSR count). The molecule has 0 saturated heterocycles. The molecule has 0 aliphatic carbocycles. The van der Waals surface area contributed by atoms with Gasteiger partial charge in [0.2, 0.25) is 0 Å². The summed E-state index contributed by atoms with van der Waals surface area (Å²) in [7, 11) is 3.12. The number of rotatable bonds is 6. The smallest absolute Gasteiger partial charge is 0.165 e. The lowest BCUT2D eigenvalue weighted by atomic mass is 10.1. The lowest BCUT2D eigenvalue weighted by molar-refractivity contribution is 0.385. The van der Waals surface area contributed by atoms with Gasteiger partial charge in [-0.3, -0.25) is 0 Å². The molecule has 1 N–H and O–H groups in total. The van der Waals surface area contributed by atoms with E-state index in [9.17, 15) is 4.39 Å². The Kier molecular flexibility index (Phi) is 5.17. The average molecular weight is 289 g/mol. The third-order valence-electron chi connectivity index (χ3n) is 3.43. The van der Waals surface area contributed by atoms with E-state index < -0.39 is 0 Å². The fraction of sp³-hybridized carbons (Fsp3) is 0.294. The summed E-state index contributed by atoms with van der Waals surface area (Å²) < 4.78 is 23.9. The Bertz CT molecular complexity index is 601. The number of methoxy groups -OCH3 is 2. The molecule has 0 bridgehead atoms. The number of hydrogen-bond acceptors (Lipinski definition) is 3. The van der Waals surface area contributed by atoms with Crippen LogP contribution in [0.15, 0.2) is 42.5 Å². The third-order valence-corrected chi connectivity index (χ3v) is 3.43. The molecule has 21 heavy (non-hydrogen) atoms. The first-order chi connectivity index (χ1) is 10.2. The van der Waals surface area contributed by atoms with Gasteiger partial charge in [-0.1, -0.05) is 24.3 Å². The van der Waals surface area contributed by atoms with Gasteiger partial charge in [0.25, 0.3) is 0 Å². The maximum absolute atomic E-state index is 13.6. The van der Waals surface area contributed by atoms with Crippen LogP contribution >= 0.6 is 0 Å². The van der Waals surface area contributed by atoms with Crippen molar-refractivity contribution in [1.82, 2.24) is 5.32 Å². The zero-order chi connectivity index (χ0) is 15.2. The molecule has 0 fully saturated rings. The second-order valence-corrected chi connectivity index (χ2v) is 4.81. The number of para-hydroxylation sites is 1. The normalized spacial score (nSPS) is 12.0. The van der Waals surface area contributed by atoms with Gasteiger partial charge in [-0.15, -0.1) is 0 Å². The van der Waals surface area contributed by atoms with Crippen LogP contribution in [0.1, 0.15) is 24.1 Å². The fourth-order valence-corrected chi connectivity index (χ4v) is 2.22. The van der Waals surface area contributed by atoms with Crippen LogP contribution in [-0.4, -0.2) is 14.2 Å². The van der Waals surface area contributed by atoms with Crippen LogP contribution in [0.5, 0.6) is 11.5 Å². The Morgan fingerprint density at radius 3 is 2.43 bits per heavy atom. The van der Waals surface area contributed by atoms with Crippen LogP contribution in [0.4, 0.5) is 4.39 Å². The predicted molar refractivity (Wildman–Crippen MR) is 81.2 cm³/mol. The number of ether oxygens (including phenoxy) is 2. The van der Waals surface area contributed by atoms with Crippen LogP contribution in [0.25, 0.3) is 0 Å². The first kappa shape index (κ1) is 15.3. The van der Waals surface area contributed by atoms with E-state index in [-0.39, 0.29) is 17.6 Å². The maximum Gasteiger partial charge on any atom is 0.165 e. The summed E-state index contributed by atoms with van der Waals surface area (Å²) in [6.45, 7) is 2.62. The van der Waals surface area contributed by atoms with Gasteiger partial charge >= 0.3 is 0 Å². The van der Waals surface area contributed by atoms with Crippen molar-refractivity contribution >= 4 is 0 Å². The van der Waals surface area contributed by atoms with Crippen LogP contribution < -0.4 is 14.8 Å². The molecule has 0 spiro atoms. The molecule has 4 heteroatoms. The van der Waals surface area contributed by atoms with Gasteiger partial charge in [-0.2, -0.15) is 0 Å². The highest BCUT2D eigenvalue weighted by atomic mass is 19.1. The lowest BCUT2D eigenvalue weighted by Gasteiger charge is -2.17. The Morgan fingerprint density at radius 2 is 1.76 bits per heavy atom. The largest absolute Gasteiger partial charge is 0.496 e. The van der Waals surface area contributed by atoms with Gasteiger partial charge in [0.15, 0.2) is 11.6 Å². The van der Waals surface area contributed by atoms with Gasteiger partial charge in [0.1, 0.15) is 5.75 Å². The van der Waals surface area contributed by atoms with Gasteiger partial charge in [0.05, 0.1) is 14.2 Å². The quantitative estimate of drug-likeness (QED) is 0.879. The summed E-state index contributed by atoms with van der Waals surface area (Å²) in [6, 6.07) is 12.9. The first-order valence-corrected chi connectivity index (χ1v) is 6.84. The van der Waals surface area contributed by atoms with E-state index in [1.165, 1.54) is 13.2 Å². The van der Waals surface area contributed by atoms with Gasteiger partial charge in [-0.25, -0.2) is 4.39 Å². The number of nitrogens with one attached hydrogen (secondary N) is 1. The van der Waals surface area contributed by atoms with E-state index >= 15 is 0 Å². The van der Waals surface area contributed by atoms with Crippen LogP contribution in [0.2, 0.25) is 0 Å². The van der Waals surface area contributed by atoms with E-state index in [0.717, 1.165) is 16.9 Å². The van der Waals surface area contributed by atoms with Crippen molar-refractivity contribution in [3.63, 3.8) is 0 Å². The van der Waals surface area contributed by atoms with Crippen molar-refractivity contribution in [2.24, 2.45) is 0 Å². The van der Waals surface area contributed by atoms with Gasteiger partial charge in [0, 0.05) is 18.2 Å². The lowest BCUT2D eigenvalue weighted by Crippen LogP contribution is -2.18. The van der Waals surface area contributed by atoms with Crippen molar-refractivity contribution in [1.29, 1.82) is 0 Å². The maximum atomic E-state index is 13.6. The average Bonchev–Trinajstić information content (AvgIpc) is 2.52. The molecule has 0 amide bonds. The molecule has 0 aliphatic heterocycles. The zero-order valence-electron chi connectivity index (χ0n) is 12.5. The van der Waals surface area contributed by atoms with E-state index in [1.807, 2.05) is 30.3 Å². The van der Waals surface area contributed by atoms with Gasteiger partial charge < -0.3 is 14.8 Å². The molecule has 0 unspecified atom stereocenters. The van der Waals surface area contributed by atoms with Crippen molar-refractivity contribution < 1.29 is 13.9 Å². The van der Waals surface area contributed by atoms with Crippen molar-refractivity contribution in [3.05, 3.63) is 59.4 Å². The minimum atomic E-state index is -0.346. The molecule has 0 heterocycles. The minimum Gasteiger partial charge on any atom is -0.496 e. The second-order valence-electron chi connectivity index (χ2n) is 4.81. The molecular weight excluding hydrogens is 269 g/mol. The van der Waals surface area contributed by atoms with Crippen molar-refractivity contribution in [2.45, 2.75) is 19.5 Å². The standard InChI is InChI=1S/C17H20FNO2/c1-12(14-6-4-5-7-16(14)20-2)19-11-13-8-9-17(21-3)15(18)10-13/h4-10,12,19H,11H2,1-3H3/t12-/m0/s1. The highest BCUT2D eigenvalue weighted by molar-refractivity contribution is 5.35. The summed E-state index contributed by atoms with van der Waals surface area (Å²) in [5.74, 6) is 0.761. The molecule has 0 radical (unpaired) electrons. The summed E-state index contributed by atoms with van der Waals surface area (Å²) in [5, 5.41) is 3.37. The predicted octanol–water partition coefficient (Wildman–Crippen LogP) is 3.69. The van der Waals surface area contributed by atoms with Crippen LogP contribution in [0, 0.1) is 5.82 Å². The SMILES string of the molecule is COc1ccc(CN[C@@H](C)c2ccccc2OC)cc1F. The highest BCUT2D eigenvalue weighted by Gasteiger charge is 2.10. The number of hydrogen-bond donors (Lipinski definition) is 1.